The van der Waals surface area contributed by atoms with Gasteiger partial charge in [0.05, 0.1) is 25.3 Å². The van der Waals surface area contributed by atoms with Crippen LogP contribution in [0.3, 0.4) is 0 Å². The van der Waals surface area contributed by atoms with Gasteiger partial charge in [-0.15, -0.1) is 0 Å². The van der Waals surface area contributed by atoms with Gasteiger partial charge in [-0.05, 0) is 55.8 Å². The van der Waals surface area contributed by atoms with Gasteiger partial charge in [0.15, 0.2) is 11.5 Å². The van der Waals surface area contributed by atoms with Crippen molar-refractivity contribution in [2.45, 2.75) is 32.7 Å². The molecule has 30 heavy (non-hydrogen) atoms. The molecule has 6 heteroatoms. The third-order valence-electron chi connectivity index (χ3n) is 4.76. The number of nitrogens with one attached hydrogen (secondary N) is 1. The van der Waals surface area contributed by atoms with Crippen molar-refractivity contribution in [3.63, 3.8) is 0 Å². The second-order valence-corrected chi connectivity index (χ2v) is 6.88. The largest absolute Gasteiger partial charge is 0.493 e. The normalized spacial score (nSPS) is 11.7. The van der Waals surface area contributed by atoms with Crippen molar-refractivity contribution >= 4 is 5.91 Å². The maximum Gasteiger partial charge on any atom is 0.220 e. The van der Waals surface area contributed by atoms with Gasteiger partial charge >= 0.3 is 0 Å². The molecule has 1 aromatic heterocycles. The summed E-state index contributed by atoms with van der Waals surface area (Å²) in [4.78, 5) is 12.4. The molecule has 1 unspecified atom stereocenters. The second-order valence-electron chi connectivity index (χ2n) is 6.88. The second kappa shape index (κ2) is 9.96. The van der Waals surface area contributed by atoms with Gasteiger partial charge in [0.2, 0.25) is 5.91 Å². The molecule has 0 saturated carbocycles. The predicted octanol–water partition coefficient (Wildman–Crippen LogP) is 5.30. The van der Waals surface area contributed by atoms with E-state index >= 15 is 0 Å². The predicted molar refractivity (Wildman–Crippen MR) is 113 cm³/mol. The molecular formula is C24H26FNO4. The molecule has 5 nitrogen and oxygen atoms in total. The Labute approximate surface area is 175 Å². The lowest BCUT2D eigenvalue weighted by Gasteiger charge is -2.17. The molecule has 1 heterocycles. The van der Waals surface area contributed by atoms with E-state index in [1.54, 1.807) is 37.4 Å². The third kappa shape index (κ3) is 5.20. The molecule has 0 bridgehead atoms. The Morgan fingerprint density at radius 1 is 1.13 bits per heavy atom. The molecule has 0 aliphatic heterocycles. The van der Waals surface area contributed by atoms with Gasteiger partial charge in [0, 0.05) is 12.8 Å². The summed E-state index contributed by atoms with van der Waals surface area (Å²) in [5.74, 6) is 1.96. The van der Waals surface area contributed by atoms with Crippen LogP contribution >= 0.6 is 0 Å². The van der Waals surface area contributed by atoms with E-state index < -0.39 is 0 Å². The highest BCUT2D eigenvalue weighted by atomic mass is 19.1. The van der Waals surface area contributed by atoms with Crippen molar-refractivity contribution in [2.75, 3.05) is 13.7 Å². The van der Waals surface area contributed by atoms with E-state index in [2.05, 4.69) is 5.32 Å². The quantitative estimate of drug-likeness (QED) is 0.519. The van der Waals surface area contributed by atoms with E-state index in [4.69, 9.17) is 13.9 Å². The van der Waals surface area contributed by atoms with Crippen molar-refractivity contribution in [2.24, 2.45) is 0 Å². The van der Waals surface area contributed by atoms with Crippen LogP contribution in [0.5, 0.6) is 11.5 Å². The lowest BCUT2D eigenvalue weighted by molar-refractivity contribution is -0.121. The van der Waals surface area contributed by atoms with Gasteiger partial charge in [-0.1, -0.05) is 18.2 Å². The highest BCUT2D eigenvalue weighted by molar-refractivity contribution is 5.76. The molecule has 158 valence electrons. The van der Waals surface area contributed by atoms with Crippen LogP contribution in [-0.4, -0.2) is 19.6 Å². The van der Waals surface area contributed by atoms with Crippen LogP contribution in [0.4, 0.5) is 4.39 Å². The Kier molecular flexibility index (Phi) is 7.12. The summed E-state index contributed by atoms with van der Waals surface area (Å²) in [7, 11) is 1.59. The van der Waals surface area contributed by atoms with Gasteiger partial charge < -0.3 is 19.2 Å². The van der Waals surface area contributed by atoms with Crippen LogP contribution in [0.15, 0.2) is 59.0 Å². The zero-order chi connectivity index (χ0) is 21.5. The molecule has 0 saturated heterocycles. The number of halogens is 1. The molecule has 3 rings (SSSR count). The van der Waals surface area contributed by atoms with Crippen LogP contribution in [0.1, 0.15) is 37.6 Å². The summed E-state index contributed by atoms with van der Waals surface area (Å²) in [6, 6.07) is 15.4. The molecule has 0 spiro atoms. The van der Waals surface area contributed by atoms with Crippen LogP contribution in [-0.2, 0) is 11.2 Å². The smallest absolute Gasteiger partial charge is 0.220 e. The Morgan fingerprint density at radius 3 is 2.67 bits per heavy atom. The summed E-state index contributed by atoms with van der Waals surface area (Å²) in [6.07, 6.45) is 0.697. The maximum absolute atomic E-state index is 13.9. The highest BCUT2D eigenvalue weighted by Gasteiger charge is 2.14. The zero-order valence-electron chi connectivity index (χ0n) is 17.4. The Bertz CT molecular complexity index is 998. The van der Waals surface area contributed by atoms with E-state index in [9.17, 15) is 9.18 Å². The van der Waals surface area contributed by atoms with Gasteiger partial charge in [-0.3, -0.25) is 4.79 Å². The van der Waals surface area contributed by atoms with Gasteiger partial charge in [-0.25, -0.2) is 4.39 Å². The van der Waals surface area contributed by atoms with Crippen molar-refractivity contribution in [1.82, 2.24) is 5.32 Å². The summed E-state index contributed by atoms with van der Waals surface area (Å²) in [5, 5.41) is 2.98. The minimum absolute atomic E-state index is 0.0980. The molecule has 0 fully saturated rings. The minimum atomic E-state index is -0.337. The van der Waals surface area contributed by atoms with E-state index in [0.29, 0.717) is 41.6 Å². The van der Waals surface area contributed by atoms with Crippen molar-refractivity contribution in [3.05, 3.63) is 71.7 Å². The Hall–Kier alpha value is -3.28. The van der Waals surface area contributed by atoms with Crippen molar-refractivity contribution in [3.8, 4) is 22.8 Å². The number of aryl methyl sites for hydroxylation is 1. The lowest BCUT2D eigenvalue weighted by atomic mass is 10.1. The van der Waals surface area contributed by atoms with E-state index in [1.807, 2.05) is 32.0 Å². The van der Waals surface area contributed by atoms with Crippen LogP contribution in [0.25, 0.3) is 11.3 Å². The first-order valence-electron chi connectivity index (χ1n) is 9.95. The third-order valence-corrected chi connectivity index (χ3v) is 4.76. The number of hydrogen-bond donors (Lipinski definition) is 1. The average Bonchev–Trinajstić information content (AvgIpc) is 3.22. The van der Waals surface area contributed by atoms with Gasteiger partial charge in [0.1, 0.15) is 17.3 Å². The number of carbonyl (C=O) groups is 1. The fraction of sp³-hybridized carbons (Fsp3) is 0.292. The van der Waals surface area contributed by atoms with Gasteiger partial charge in [-0.2, -0.15) is 0 Å². The summed E-state index contributed by atoms with van der Waals surface area (Å²) >= 11 is 0. The first kappa shape index (κ1) is 21.4. The van der Waals surface area contributed by atoms with Crippen molar-refractivity contribution < 1.29 is 23.1 Å². The molecule has 1 N–H and O–H groups in total. The molecule has 0 aliphatic carbocycles. The molecule has 3 aromatic rings. The highest BCUT2D eigenvalue weighted by Crippen LogP contribution is 2.30. The fourth-order valence-corrected chi connectivity index (χ4v) is 3.18. The van der Waals surface area contributed by atoms with Crippen LogP contribution in [0, 0.1) is 5.82 Å². The molecule has 0 aliphatic rings. The first-order chi connectivity index (χ1) is 14.5. The van der Waals surface area contributed by atoms with E-state index in [1.165, 1.54) is 6.07 Å². The zero-order valence-corrected chi connectivity index (χ0v) is 17.4. The van der Waals surface area contributed by atoms with E-state index in [0.717, 1.165) is 5.56 Å². The van der Waals surface area contributed by atoms with Gasteiger partial charge in [0.25, 0.3) is 0 Å². The van der Waals surface area contributed by atoms with Crippen LogP contribution in [0.2, 0.25) is 0 Å². The molecular weight excluding hydrogens is 385 g/mol. The molecule has 1 atom stereocenters. The lowest BCUT2D eigenvalue weighted by Crippen LogP contribution is -2.26. The number of carbonyl (C=O) groups excluding carboxylic acids is 1. The number of amides is 1. The fourth-order valence-electron chi connectivity index (χ4n) is 3.18. The maximum atomic E-state index is 13.9. The molecule has 2 aromatic carbocycles. The SMILES string of the molecule is CCOc1ccc(C(C)NC(=O)CCc2ccc(-c3ccccc3F)o2)cc1OC. The number of furan rings is 1. The first-order valence-corrected chi connectivity index (χ1v) is 9.95. The summed E-state index contributed by atoms with van der Waals surface area (Å²) < 4.78 is 30.5. The average molecular weight is 411 g/mol. The number of hydrogen-bond acceptors (Lipinski definition) is 4. The standard InChI is InChI=1S/C24H26FNO4/c1-4-29-22-12-9-17(15-23(22)28-3)16(2)26-24(27)14-11-18-10-13-21(30-18)19-7-5-6-8-20(19)25/h5-10,12-13,15-16H,4,11,14H2,1-3H3,(H,26,27). The monoisotopic (exact) mass is 411 g/mol. The van der Waals surface area contributed by atoms with Crippen LogP contribution < -0.4 is 14.8 Å². The molecule has 1 amide bonds. The Morgan fingerprint density at radius 2 is 1.93 bits per heavy atom. The number of rotatable bonds is 9. The number of benzene rings is 2. The topological polar surface area (TPSA) is 60.7 Å². The number of ether oxygens (including phenoxy) is 2. The Balaban J connectivity index is 1.57. The summed E-state index contributed by atoms with van der Waals surface area (Å²) in [6.45, 7) is 4.37. The van der Waals surface area contributed by atoms with Crippen molar-refractivity contribution in [1.29, 1.82) is 0 Å². The summed E-state index contributed by atoms with van der Waals surface area (Å²) in [5.41, 5.74) is 1.33. The number of methoxy groups -OCH3 is 1. The molecule has 0 radical (unpaired) electrons. The minimum Gasteiger partial charge on any atom is -0.493 e. The van der Waals surface area contributed by atoms with E-state index in [-0.39, 0.29) is 24.2 Å².